The topological polar surface area (TPSA) is 128 Å². The number of aryl methyl sites for hydroxylation is 1. The van der Waals surface area contributed by atoms with Crippen LogP contribution in [-0.4, -0.2) is 40.3 Å². The van der Waals surface area contributed by atoms with Crippen LogP contribution in [-0.2, 0) is 9.53 Å². The van der Waals surface area contributed by atoms with E-state index >= 15 is 0 Å². The molecule has 0 saturated carbocycles. The Kier molecular flexibility index (Phi) is 6.10. The molecule has 0 saturated heterocycles. The minimum absolute atomic E-state index is 0.0419. The first-order valence-corrected chi connectivity index (χ1v) is 7.10. The number of aliphatic carboxylic acids is 1. The molecule has 132 valence electrons. The molecule has 0 bridgehead atoms. The van der Waals surface area contributed by atoms with Crippen LogP contribution in [0.2, 0.25) is 0 Å². The van der Waals surface area contributed by atoms with E-state index in [1.807, 2.05) is 0 Å². The van der Waals surface area contributed by atoms with Gasteiger partial charge in [0.2, 0.25) is 0 Å². The largest absolute Gasteiger partial charge is 0.484 e. The van der Waals surface area contributed by atoms with Crippen LogP contribution < -0.4 is 10.1 Å². The van der Waals surface area contributed by atoms with E-state index < -0.39 is 35.2 Å². The molecule has 0 unspecified atom stereocenters. The van der Waals surface area contributed by atoms with Crippen LogP contribution in [0.4, 0.5) is 10.5 Å². The van der Waals surface area contributed by atoms with Gasteiger partial charge in [-0.2, -0.15) is 0 Å². The first-order chi connectivity index (χ1) is 11.0. The van der Waals surface area contributed by atoms with Crippen LogP contribution in [0.3, 0.4) is 0 Å². The van der Waals surface area contributed by atoms with E-state index in [1.54, 1.807) is 33.8 Å². The second-order valence-electron chi connectivity index (χ2n) is 6.03. The summed E-state index contributed by atoms with van der Waals surface area (Å²) < 4.78 is 10.3. The van der Waals surface area contributed by atoms with Gasteiger partial charge < -0.3 is 19.9 Å². The lowest BCUT2D eigenvalue weighted by atomic mass is 10.2. The second-order valence-corrected chi connectivity index (χ2v) is 6.03. The third kappa shape index (κ3) is 5.75. The normalized spacial score (nSPS) is 12.2. The Morgan fingerprint density at radius 3 is 2.50 bits per heavy atom. The molecule has 1 rings (SSSR count). The maximum atomic E-state index is 11.7. The monoisotopic (exact) mass is 340 g/mol. The number of carboxylic acids is 1. The second kappa shape index (κ2) is 7.62. The quantitative estimate of drug-likeness (QED) is 0.600. The Labute approximate surface area is 138 Å². The van der Waals surface area contributed by atoms with E-state index in [-0.39, 0.29) is 11.4 Å². The number of carbonyl (C=O) groups is 2. The first-order valence-electron chi connectivity index (χ1n) is 7.10. The zero-order valence-electron chi connectivity index (χ0n) is 13.9. The van der Waals surface area contributed by atoms with Crippen molar-refractivity contribution in [2.24, 2.45) is 0 Å². The Morgan fingerprint density at radius 1 is 1.38 bits per heavy atom. The predicted octanol–water partition coefficient (Wildman–Crippen LogP) is 2.26. The minimum Gasteiger partial charge on any atom is -0.484 e. The van der Waals surface area contributed by atoms with Crippen molar-refractivity contribution in [2.45, 2.75) is 39.3 Å². The summed E-state index contributed by atoms with van der Waals surface area (Å²) in [6, 6.07) is 2.92. The summed E-state index contributed by atoms with van der Waals surface area (Å²) in [5.74, 6) is -1.39. The van der Waals surface area contributed by atoms with Gasteiger partial charge in [-0.1, -0.05) is 12.1 Å². The lowest BCUT2D eigenvalue weighted by Crippen LogP contribution is -2.46. The fraction of sp³-hybridized carbons (Fsp3) is 0.467. The van der Waals surface area contributed by atoms with E-state index in [0.29, 0.717) is 5.56 Å². The predicted molar refractivity (Wildman–Crippen MR) is 84.1 cm³/mol. The number of rotatable bonds is 6. The number of carboxylic acid groups (broad SMARTS) is 1. The number of amides is 1. The zero-order chi connectivity index (χ0) is 18.5. The molecule has 0 radical (unpaired) electrons. The van der Waals surface area contributed by atoms with Gasteiger partial charge in [0.05, 0.1) is 4.92 Å². The van der Waals surface area contributed by atoms with Crippen molar-refractivity contribution in [1.29, 1.82) is 0 Å². The number of ether oxygens (including phenoxy) is 2. The summed E-state index contributed by atoms with van der Waals surface area (Å²) in [4.78, 5) is 33.3. The molecule has 0 aliphatic heterocycles. The van der Waals surface area contributed by atoms with E-state index in [9.17, 15) is 19.7 Å². The highest BCUT2D eigenvalue weighted by atomic mass is 16.6. The first kappa shape index (κ1) is 19.2. The van der Waals surface area contributed by atoms with E-state index in [2.05, 4.69) is 5.32 Å². The smallest absolute Gasteiger partial charge is 0.408 e. The molecule has 0 spiro atoms. The number of nitro benzene ring substituents is 1. The van der Waals surface area contributed by atoms with Gasteiger partial charge >= 0.3 is 17.7 Å². The summed E-state index contributed by atoms with van der Waals surface area (Å²) >= 11 is 0. The van der Waals surface area contributed by atoms with Gasteiger partial charge in [0, 0.05) is 6.07 Å². The van der Waals surface area contributed by atoms with Gasteiger partial charge in [0.15, 0.2) is 11.8 Å². The van der Waals surface area contributed by atoms with E-state index in [4.69, 9.17) is 14.6 Å². The number of benzene rings is 1. The zero-order valence-corrected chi connectivity index (χ0v) is 13.9. The van der Waals surface area contributed by atoms with Crippen molar-refractivity contribution >= 4 is 17.7 Å². The van der Waals surface area contributed by atoms with Gasteiger partial charge in [0.1, 0.15) is 12.2 Å². The van der Waals surface area contributed by atoms with E-state index in [1.165, 1.54) is 12.1 Å². The van der Waals surface area contributed by atoms with Crippen molar-refractivity contribution in [3.63, 3.8) is 0 Å². The molecular weight excluding hydrogens is 320 g/mol. The number of nitrogens with zero attached hydrogens (tertiary/aromatic N) is 1. The third-order valence-electron chi connectivity index (χ3n) is 2.77. The molecule has 1 aromatic rings. The van der Waals surface area contributed by atoms with Gasteiger partial charge in [0.25, 0.3) is 0 Å². The highest BCUT2D eigenvalue weighted by Gasteiger charge is 2.26. The molecule has 0 heterocycles. The molecular formula is C15H20N2O7. The van der Waals surface area contributed by atoms with Gasteiger partial charge in [-0.25, -0.2) is 9.59 Å². The molecule has 1 aromatic carbocycles. The van der Waals surface area contributed by atoms with Crippen LogP contribution in [0.15, 0.2) is 18.2 Å². The Morgan fingerprint density at radius 2 is 2.00 bits per heavy atom. The minimum atomic E-state index is -1.42. The molecule has 9 nitrogen and oxygen atoms in total. The highest BCUT2D eigenvalue weighted by Crippen LogP contribution is 2.30. The third-order valence-corrected chi connectivity index (χ3v) is 2.77. The van der Waals surface area contributed by atoms with Crippen molar-refractivity contribution in [1.82, 2.24) is 5.32 Å². The number of alkyl carbamates (subject to hydrolysis) is 1. The fourth-order valence-corrected chi connectivity index (χ4v) is 1.76. The molecule has 9 heteroatoms. The molecule has 1 atom stereocenters. The number of nitrogens with one attached hydrogen (secondary N) is 1. The van der Waals surface area contributed by atoms with Gasteiger partial charge in [-0.15, -0.1) is 0 Å². The van der Waals surface area contributed by atoms with Crippen molar-refractivity contribution in [3.8, 4) is 5.75 Å². The number of hydrogen-bond acceptors (Lipinski definition) is 6. The van der Waals surface area contributed by atoms with Gasteiger partial charge in [-0.3, -0.25) is 10.1 Å². The van der Waals surface area contributed by atoms with Crippen LogP contribution in [0.5, 0.6) is 5.75 Å². The maximum Gasteiger partial charge on any atom is 0.408 e. The summed E-state index contributed by atoms with van der Waals surface area (Å²) in [6.45, 7) is 6.01. The van der Waals surface area contributed by atoms with Crippen molar-refractivity contribution in [2.75, 3.05) is 6.61 Å². The Hall–Kier alpha value is -2.84. The summed E-state index contributed by atoms with van der Waals surface area (Å²) in [5.41, 5.74) is -0.593. The lowest BCUT2D eigenvalue weighted by molar-refractivity contribution is -0.385. The van der Waals surface area contributed by atoms with Crippen molar-refractivity contribution < 1.29 is 29.1 Å². The lowest BCUT2D eigenvalue weighted by Gasteiger charge is -2.22. The molecule has 24 heavy (non-hydrogen) atoms. The molecule has 0 aliphatic rings. The summed E-state index contributed by atoms with van der Waals surface area (Å²) in [5, 5.41) is 22.3. The molecule has 0 aliphatic carbocycles. The maximum absolute atomic E-state index is 11.7. The van der Waals surface area contributed by atoms with Crippen LogP contribution in [0, 0.1) is 17.0 Å². The van der Waals surface area contributed by atoms with E-state index in [0.717, 1.165) is 0 Å². The van der Waals surface area contributed by atoms with Crippen LogP contribution in [0.1, 0.15) is 26.3 Å². The molecule has 2 N–H and O–H groups in total. The Bertz CT molecular complexity index is 637. The van der Waals surface area contributed by atoms with Crippen LogP contribution in [0.25, 0.3) is 0 Å². The molecule has 0 fully saturated rings. The number of nitro groups is 1. The average Bonchev–Trinajstić information content (AvgIpc) is 2.41. The van der Waals surface area contributed by atoms with Crippen molar-refractivity contribution in [3.05, 3.63) is 33.9 Å². The number of para-hydroxylation sites is 1. The standard InChI is InChI=1S/C15H20N2O7/c1-9-6-5-7-11(17(21)22)12(9)23-8-10(13(18)19)16-14(20)24-15(2,3)4/h5-7,10H,8H2,1-4H3,(H,16,20)(H,18,19)/t10-/m0/s1. The highest BCUT2D eigenvalue weighted by molar-refractivity contribution is 5.80. The SMILES string of the molecule is Cc1cccc([N+](=O)[O-])c1OC[C@H](NC(=O)OC(C)(C)C)C(=O)O. The number of hydrogen-bond donors (Lipinski definition) is 2. The summed E-state index contributed by atoms with van der Waals surface area (Å²) in [6.07, 6.45) is -0.919. The fourth-order valence-electron chi connectivity index (χ4n) is 1.76. The Balaban J connectivity index is 2.84. The molecule has 0 aromatic heterocycles. The van der Waals surface area contributed by atoms with Crippen LogP contribution >= 0.6 is 0 Å². The number of carbonyl (C=O) groups excluding carboxylic acids is 1. The molecule has 1 amide bonds. The summed E-state index contributed by atoms with van der Waals surface area (Å²) in [7, 11) is 0. The van der Waals surface area contributed by atoms with Gasteiger partial charge in [-0.05, 0) is 33.3 Å². The average molecular weight is 340 g/mol.